The number of allylic oxidation sites excluding steroid dienone is 15. The predicted octanol–water partition coefficient (Wildman–Crippen LogP) is 19.1. The van der Waals surface area contributed by atoms with Crippen molar-refractivity contribution in [3.05, 3.63) is 97.2 Å². The van der Waals surface area contributed by atoms with Crippen LogP contribution in [-0.2, 0) is 14.3 Å². The summed E-state index contributed by atoms with van der Waals surface area (Å²) in [6.07, 6.45) is 83.7. The Morgan fingerprint density at radius 1 is 0.422 bits per heavy atom. The molecule has 6 N–H and O–H groups in total. The summed E-state index contributed by atoms with van der Waals surface area (Å²) in [5.41, 5.74) is 0. The van der Waals surface area contributed by atoms with Gasteiger partial charge in [0.15, 0.2) is 6.29 Å². The number of ether oxygens (including phenoxy) is 2. The molecule has 1 rings (SSSR count). The zero-order valence-corrected chi connectivity index (χ0v) is 53.7. The molecule has 0 aromatic rings. The van der Waals surface area contributed by atoms with E-state index in [-0.39, 0.29) is 12.5 Å². The van der Waals surface area contributed by atoms with Crippen LogP contribution >= 0.6 is 0 Å². The van der Waals surface area contributed by atoms with Crippen molar-refractivity contribution in [2.24, 2.45) is 0 Å². The molecule has 1 fully saturated rings. The van der Waals surface area contributed by atoms with Crippen molar-refractivity contribution in [2.45, 2.75) is 352 Å². The highest BCUT2D eigenvalue weighted by molar-refractivity contribution is 5.76. The van der Waals surface area contributed by atoms with Gasteiger partial charge in [0.2, 0.25) is 5.91 Å². The van der Waals surface area contributed by atoms with Crippen molar-refractivity contribution in [2.75, 3.05) is 13.2 Å². The van der Waals surface area contributed by atoms with Crippen LogP contribution in [0.3, 0.4) is 0 Å². The van der Waals surface area contributed by atoms with Crippen LogP contribution in [0.1, 0.15) is 309 Å². The predicted molar refractivity (Wildman–Crippen MR) is 355 cm³/mol. The minimum absolute atomic E-state index is 0.185. The van der Waals surface area contributed by atoms with E-state index >= 15 is 0 Å². The summed E-state index contributed by atoms with van der Waals surface area (Å²) in [6.45, 7) is 3.68. The third kappa shape index (κ3) is 50.9. The van der Waals surface area contributed by atoms with E-state index in [0.717, 1.165) is 77.0 Å². The molecular weight excluding hydrogens is 1030 g/mol. The number of nitrogens with one attached hydrogen (secondary N) is 1. The van der Waals surface area contributed by atoms with Crippen LogP contribution in [0.15, 0.2) is 97.2 Å². The zero-order valence-electron chi connectivity index (χ0n) is 53.7. The van der Waals surface area contributed by atoms with Crippen molar-refractivity contribution in [3.63, 3.8) is 0 Å². The van der Waals surface area contributed by atoms with Gasteiger partial charge in [0.25, 0.3) is 0 Å². The van der Waals surface area contributed by atoms with Crippen LogP contribution < -0.4 is 5.32 Å². The maximum Gasteiger partial charge on any atom is 0.220 e. The SMILES string of the molecule is CC/C=C\C/C=C\C/C=C\C/C=C\C/C=C\C/C=C\CCCCCCCCCCCCCCCCCCCCC(=O)NC(COC1OC(CO)C(O)C(O)C1O)C(O)/C=C/CC/C=C/CCCCCCCCCCCCCCCCCCC. The normalized spacial score (nSPS) is 18.9. The minimum Gasteiger partial charge on any atom is -0.394 e. The molecule has 1 heterocycles. The maximum atomic E-state index is 13.1. The average molecular weight is 1160 g/mol. The maximum absolute atomic E-state index is 13.1. The molecule has 0 aliphatic carbocycles. The van der Waals surface area contributed by atoms with Gasteiger partial charge in [-0.05, 0) is 83.5 Å². The lowest BCUT2D eigenvalue weighted by atomic mass is 9.99. The molecule has 83 heavy (non-hydrogen) atoms. The van der Waals surface area contributed by atoms with Gasteiger partial charge in [-0.2, -0.15) is 0 Å². The van der Waals surface area contributed by atoms with Gasteiger partial charge in [0.1, 0.15) is 24.4 Å². The van der Waals surface area contributed by atoms with Crippen molar-refractivity contribution in [3.8, 4) is 0 Å². The summed E-state index contributed by atoms with van der Waals surface area (Å²) in [6, 6.07) is -0.827. The Labute approximate surface area is 511 Å². The van der Waals surface area contributed by atoms with Gasteiger partial charge in [-0.1, -0.05) is 317 Å². The molecule has 0 aromatic heterocycles. The van der Waals surface area contributed by atoms with Gasteiger partial charge in [0, 0.05) is 6.42 Å². The van der Waals surface area contributed by atoms with E-state index in [1.165, 1.54) is 212 Å². The average Bonchev–Trinajstić information content (AvgIpc) is 3.60. The highest BCUT2D eigenvalue weighted by atomic mass is 16.7. The summed E-state index contributed by atoms with van der Waals surface area (Å²) in [7, 11) is 0. The highest BCUT2D eigenvalue weighted by Gasteiger charge is 2.44. The van der Waals surface area contributed by atoms with E-state index < -0.39 is 49.5 Å². The molecule has 7 unspecified atom stereocenters. The quantitative estimate of drug-likeness (QED) is 0.0261. The Hall–Kier alpha value is -2.89. The summed E-state index contributed by atoms with van der Waals surface area (Å²) in [5.74, 6) is -0.185. The molecule has 0 radical (unpaired) electrons. The van der Waals surface area contributed by atoms with Crippen molar-refractivity contribution in [1.82, 2.24) is 5.32 Å². The van der Waals surface area contributed by atoms with Crippen molar-refractivity contribution < 1.29 is 39.8 Å². The molecule has 1 aliphatic heterocycles. The van der Waals surface area contributed by atoms with Crippen LogP contribution in [0.2, 0.25) is 0 Å². The number of aliphatic hydroxyl groups excluding tert-OH is 5. The van der Waals surface area contributed by atoms with E-state index in [4.69, 9.17) is 9.47 Å². The number of rotatable bonds is 60. The first-order valence-electron chi connectivity index (χ1n) is 35.0. The zero-order chi connectivity index (χ0) is 60.0. The third-order valence-corrected chi connectivity index (χ3v) is 16.1. The number of unbranched alkanes of at least 4 members (excludes halogenated alkanes) is 36. The van der Waals surface area contributed by atoms with E-state index in [0.29, 0.717) is 6.42 Å². The topological polar surface area (TPSA) is 149 Å². The lowest BCUT2D eigenvalue weighted by molar-refractivity contribution is -0.302. The molecule has 1 saturated heterocycles. The van der Waals surface area contributed by atoms with Crippen LogP contribution in [0.5, 0.6) is 0 Å². The fraction of sp³-hybridized carbons (Fsp3) is 0.770. The second-order valence-corrected chi connectivity index (χ2v) is 23.9. The number of carbonyl (C=O) groups is 1. The standard InChI is InChI=1S/C74H131NO8/c1-3-5-7-9-11-13-15-17-19-21-23-25-27-28-29-30-31-32-33-34-35-36-37-38-39-40-42-44-46-48-50-52-54-56-58-60-62-64-70(78)75-67(66-82-74-73(81)72(80)71(79)69(65-76)83-74)68(77)63-61-59-57-55-53-51-49-47-45-43-41-26-24-22-20-18-16-14-12-10-8-6-4-2/h5,7,11,13,17,19,23,25,28-29,31-32,53,55,61,63,67-69,71-74,76-77,79-81H,3-4,6,8-10,12,14-16,18,20-22,24,26-27,30,33-52,54,56-60,62,64-66H2,1-2H3,(H,75,78)/b7-5-,13-11-,19-17-,25-23-,29-28-,32-31-,55-53+,63-61+. The molecule has 0 spiro atoms. The largest absolute Gasteiger partial charge is 0.394 e. The summed E-state index contributed by atoms with van der Waals surface area (Å²) >= 11 is 0. The minimum atomic E-state index is -1.58. The number of aliphatic hydroxyl groups is 5. The Morgan fingerprint density at radius 2 is 0.759 bits per heavy atom. The number of hydrogen-bond donors (Lipinski definition) is 6. The fourth-order valence-corrected chi connectivity index (χ4v) is 10.7. The van der Waals surface area contributed by atoms with Gasteiger partial charge >= 0.3 is 0 Å². The molecular formula is C74H131NO8. The molecule has 9 heteroatoms. The van der Waals surface area contributed by atoms with Gasteiger partial charge < -0.3 is 40.3 Å². The molecule has 0 bridgehead atoms. The summed E-state index contributed by atoms with van der Waals surface area (Å²) in [4.78, 5) is 13.1. The van der Waals surface area contributed by atoms with Gasteiger partial charge in [-0.3, -0.25) is 4.79 Å². The lowest BCUT2D eigenvalue weighted by Gasteiger charge is -2.40. The van der Waals surface area contributed by atoms with Crippen LogP contribution in [0.4, 0.5) is 0 Å². The lowest BCUT2D eigenvalue weighted by Crippen LogP contribution is -2.60. The number of amides is 1. The van der Waals surface area contributed by atoms with Gasteiger partial charge in [0.05, 0.1) is 25.4 Å². The third-order valence-electron chi connectivity index (χ3n) is 16.1. The summed E-state index contributed by atoms with van der Waals surface area (Å²) in [5, 5.41) is 54.7. The van der Waals surface area contributed by atoms with Gasteiger partial charge in [-0.15, -0.1) is 0 Å². The van der Waals surface area contributed by atoms with E-state index in [1.807, 2.05) is 6.08 Å². The number of carbonyl (C=O) groups excluding carboxylic acids is 1. The van der Waals surface area contributed by atoms with E-state index in [1.54, 1.807) is 6.08 Å². The second kappa shape index (κ2) is 62.2. The highest BCUT2D eigenvalue weighted by Crippen LogP contribution is 2.23. The van der Waals surface area contributed by atoms with E-state index in [2.05, 4.69) is 104 Å². The Bertz CT molecular complexity index is 1630. The smallest absolute Gasteiger partial charge is 0.220 e. The van der Waals surface area contributed by atoms with Gasteiger partial charge in [-0.25, -0.2) is 0 Å². The first-order chi connectivity index (χ1) is 40.8. The monoisotopic (exact) mass is 1160 g/mol. The fourth-order valence-electron chi connectivity index (χ4n) is 10.7. The van der Waals surface area contributed by atoms with Crippen LogP contribution in [-0.4, -0.2) is 87.5 Å². The molecule has 480 valence electrons. The van der Waals surface area contributed by atoms with Crippen molar-refractivity contribution >= 4 is 5.91 Å². The summed E-state index contributed by atoms with van der Waals surface area (Å²) < 4.78 is 11.3. The molecule has 7 atom stereocenters. The molecule has 9 nitrogen and oxygen atoms in total. The Balaban J connectivity index is 2.13. The van der Waals surface area contributed by atoms with Crippen LogP contribution in [0.25, 0.3) is 0 Å². The molecule has 1 aliphatic rings. The number of hydrogen-bond acceptors (Lipinski definition) is 8. The molecule has 1 amide bonds. The Morgan fingerprint density at radius 3 is 1.16 bits per heavy atom. The second-order valence-electron chi connectivity index (χ2n) is 23.9. The van der Waals surface area contributed by atoms with Crippen molar-refractivity contribution in [1.29, 1.82) is 0 Å². The first kappa shape index (κ1) is 78.1. The first-order valence-corrected chi connectivity index (χ1v) is 35.0. The van der Waals surface area contributed by atoms with E-state index in [9.17, 15) is 30.3 Å². The van der Waals surface area contributed by atoms with Crippen LogP contribution in [0, 0.1) is 0 Å². The molecule has 0 aromatic carbocycles. The Kier molecular flexibility index (Phi) is 58.5. The molecule has 0 saturated carbocycles.